The molecule has 0 aromatic rings. The fraction of sp³-hybridized carbons (Fsp3) is 0.875. The minimum atomic E-state index is -1.03. The zero-order valence-electron chi connectivity index (χ0n) is 7.80. The zero-order valence-corrected chi connectivity index (χ0v) is 7.80. The molecule has 13 heavy (non-hydrogen) atoms. The molecule has 1 rings (SSSR count). The van der Waals surface area contributed by atoms with Crippen molar-refractivity contribution in [1.82, 2.24) is 4.90 Å². The molecule has 1 heterocycles. The van der Waals surface area contributed by atoms with Crippen molar-refractivity contribution in [3.63, 3.8) is 0 Å². The minimum absolute atomic E-state index is 0.252. The minimum Gasteiger partial charge on any atom is -0.388 e. The largest absolute Gasteiger partial charge is 0.388 e. The van der Waals surface area contributed by atoms with Crippen LogP contribution in [0.4, 0.5) is 0 Å². The molecule has 1 aliphatic heterocycles. The van der Waals surface area contributed by atoms with E-state index in [0.717, 1.165) is 0 Å². The van der Waals surface area contributed by atoms with Gasteiger partial charge in [0.05, 0.1) is 25.4 Å². The van der Waals surface area contributed by atoms with Gasteiger partial charge in [-0.05, 0) is 6.92 Å². The molecule has 0 radical (unpaired) electrons. The summed E-state index contributed by atoms with van der Waals surface area (Å²) in [6, 6.07) is -0.331. The highest BCUT2D eigenvalue weighted by Crippen LogP contribution is 2.12. The van der Waals surface area contributed by atoms with Gasteiger partial charge in [0.25, 0.3) is 5.91 Å². The Balaban J connectivity index is 2.56. The van der Waals surface area contributed by atoms with Gasteiger partial charge >= 0.3 is 0 Å². The van der Waals surface area contributed by atoms with Gasteiger partial charge in [-0.25, -0.2) is 0 Å². The molecule has 1 amide bonds. The molecule has 0 aliphatic carbocycles. The lowest BCUT2D eigenvalue weighted by molar-refractivity contribution is -0.141. The van der Waals surface area contributed by atoms with Crippen LogP contribution in [0, 0.1) is 0 Å². The highest BCUT2D eigenvalue weighted by atomic mass is 16.5. The second-order valence-corrected chi connectivity index (χ2v) is 3.30. The van der Waals surface area contributed by atoms with E-state index in [-0.39, 0.29) is 12.6 Å². The molecule has 1 fully saturated rings. The van der Waals surface area contributed by atoms with Crippen molar-refractivity contribution in [2.75, 3.05) is 20.3 Å². The number of carbonyl (C=O) groups is 1. The molecule has 5 heteroatoms. The Hall–Kier alpha value is -0.650. The lowest BCUT2D eigenvalue weighted by atomic mass is 10.2. The Kier molecular flexibility index (Phi) is 3.24. The van der Waals surface area contributed by atoms with Crippen LogP contribution >= 0.6 is 0 Å². The van der Waals surface area contributed by atoms with Crippen molar-refractivity contribution >= 4 is 5.91 Å². The molecule has 0 unspecified atom stereocenters. The number of aliphatic hydroxyl groups is 2. The molecule has 2 N–H and O–H groups in total. The maximum atomic E-state index is 11.3. The highest BCUT2D eigenvalue weighted by molar-refractivity contribution is 5.80. The van der Waals surface area contributed by atoms with E-state index in [0.29, 0.717) is 6.61 Å². The van der Waals surface area contributed by atoms with Gasteiger partial charge in [-0.1, -0.05) is 0 Å². The van der Waals surface area contributed by atoms with Gasteiger partial charge in [-0.3, -0.25) is 4.79 Å². The van der Waals surface area contributed by atoms with Gasteiger partial charge in [-0.15, -0.1) is 0 Å². The lowest BCUT2D eigenvalue weighted by Gasteiger charge is -2.26. The highest BCUT2D eigenvalue weighted by Gasteiger charge is 2.33. The van der Waals surface area contributed by atoms with Crippen LogP contribution in [0.1, 0.15) is 6.92 Å². The summed E-state index contributed by atoms with van der Waals surface area (Å²) in [6.07, 6.45) is -1.68. The number of carbonyl (C=O) groups excluding carboxylic acids is 1. The van der Waals surface area contributed by atoms with Gasteiger partial charge in [0.2, 0.25) is 0 Å². The van der Waals surface area contributed by atoms with Crippen LogP contribution in [0.25, 0.3) is 0 Å². The molecule has 0 aromatic carbocycles. The van der Waals surface area contributed by atoms with Crippen molar-refractivity contribution < 1.29 is 19.7 Å². The third-order valence-electron chi connectivity index (χ3n) is 2.22. The number of nitrogens with zero attached hydrogens (tertiary/aromatic N) is 1. The first-order valence-corrected chi connectivity index (χ1v) is 4.24. The van der Waals surface area contributed by atoms with Crippen LogP contribution in [0.15, 0.2) is 0 Å². The Morgan fingerprint density at radius 2 is 2.23 bits per heavy atom. The Labute approximate surface area is 76.9 Å². The molecule has 1 aliphatic rings. The van der Waals surface area contributed by atoms with Crippen LogP contribution < -0.4 is 0 Å². The van der Waals surface area contributed by atoms with Crippen molar-refractivity contribution in [3.8, 4) is 0 Å². The predicted molar refractivity (Wildman–Crippen MR) is 45.1 cm³/mol. The monoisotopic (exact) mass is 189 g/mol. The van der Waals surface area contributed by atoms with Gasteiger partial charge in [0.15, 0.2) is 0 Å². The number of rotatable bonds is 2. The number of amides is 1. The van der Waals surface area contributed by atoms with Crippen LogP contribution in [0.2, 0.25) is 0 Å². The summed E-state index contributed by atoms with van der Waals surface area (Å²) in [5.74, 6) is -0.394. The summed E-state index contributed by atoms with van der Waals surface area (Å²) in [6.45, 7) is 1.99. The van der Waals surface area contributed by atoms with E-state index >= 15 is 0 Å². The molecule has 5 nitrogen and oxygen atoms in total. The summed E-state index contributed by atoms with van der Waals surface area (Å²) in [5.41, 5.74) is 0. The standard InChI is InChI=1S/C8H15NO4/c1-5(10)8(12)9(2)6-3-13-4-7(6)11/h5-7,10-11H,3-4H2,1-2H3/t5-,6+,7+/m0/s1. The van der Waals surface area contributed by atoms with E-state index in [9.17, 15) is 9.90 Å². The fourth-order valence-corrected chi connectivity index (χ4v) is 1.36. The van der Waals surface area contributed by atoms with Crippen molar-refractivity contribution in [3.05, 3.63) is 0 Å². The fourth-order valence-electron chi connectivity index (χ4n) is 1.36. The quantitative estimate of drug-likeness (QED) is 0.559. The van der Waals surface area contributed by atoms with Crippen molar-refractivity contribution in [1.29, 1.82) is 0 Å². The summed E-state index contributed by atoms with van der Waals surface area (Å²) in [5, 5.41) is 18.4. The molecule has 0 spiro atoms. The van der Waals surface area contributed by atoms with E-state index in [1.807, 2.05) is 0 Å². The first-order valence-electron chi connectivity index (χ1n) is 4.24. The third kappa shape index (κ3) is 2.18. The number of hydrogen-bond acceptors (Lipinski definition) is 4. The van der Waals surface area contributed by atoms with E-state index in [1.165, 1.54) is 11.8 Å². The number of aliphatic hydroxyl groups excluding tert-OH is 2. The van der Waals surface area contributed by atoms with Crippen molar-refractivity contribution in [2.45, 2.75) is 25.2 Å². The summed E-state index contributed by atoms with van der Waals surface area (Å²) < 4.78 is 4.99. The van der Waals surface area contributed by atoms with Crippen LogP contribution in [-0.4, -0.2) is 59.5 Å². The zero-order chi connectivity index (χ0) is 10.0. The molecule has 0 aromatic heterocycles. The predicted octanol–water partition coefficient (Wildman–Crippen LogP) is -1.41. The van der Waals surface area contributed by atoms with E-state index in [4.69, 9.17) is 9.84 Å². The Morgan fingerprint density at radius 3 is 2.62 bits per heavy atom. The van der Waals surface area contributed by atoms with E-state index in [2.05, 4.69) is 0 Å². The second kappa shape index (κ2) is 4.04. The van der Waals surface area contributed by atoms with E-state index < -0.39 is 18.1 Å². The topological polar surface area (TPSA) is 70.0 Å². The second-order valence-electron chi connectivity index (χ2n) is 3.30. The van der Waals surface area contributed by atoms with Gasteiger partial charge < -0.3 is 19.8 Å². The summed E-state index contributed by atoms with van der Waals surface area (Å²) in [4.78, 5) is 12.6. The molecule has 0 saturated carbocycles. The number of hydrogen-bond donors (Lipinski definition) is 2. The maximum Gasteiger partial charge on any atom is 0.251 e. The average molecular weight is 189 g/mol. The maximum absolute atomic E-state index is 11.3. The smallest absolute Gasteiger partial charge is 0.251 e. The molecular weight excluding hydrogens is 174 g/mol. The summed E-state index contributed by atoms with van der Waals surface area (Å²) in [7, 11) is 1.55. The average Bonchev–Trinajstić information content (AvgIpc) is 2.48. The molecular formula is C8H15NO4. The molecule has 76 valence electrons. The van der Waals surface area contributed by atoms with Crippen LogP contribution in [0.5, 0.6) is 0 Å². The first-order chi connectivity index (χ1) is 6.04. The van der Waals surface area contributed by atoms with Crippen molar-refractivity contribution in [2.24, 2.45) is 0 Å². The third-order valence-corrected chi connectivity index (χ3v) is 2.22. The molecule has 0 bridgehead atoms. The molecule has 3 atom stereocenters. The Morgan fingerprint density at radius 1 is 1.62 bits per heavy atom. The Bertz CT molecular complexity index is 195. The lowest BCUT2D eigenvalue weighted by Crippen LogP contribution is -2.47. The number of likely N-dealkylation sites (N-methyl/N-ethyl adjacent to an activating group) is 1. The number of ether oxygens (including phenoxy) is 1. The molecule has 1 saturated heterocycles. The first kappa shape index (κ1) is 10.4. The van der Waals surface area contributed by atoms with Gasteiger partial charge in [-0.2, -0.15) is 0 Å². The van der Waals surface area contributed by atoms with Gasteiger partial charge in [0, 0.05) is 7.05 Å². The van der Waals surface area contributed by atoms with Crippen LogP contribution in [-0.2, 0) is 9.53 Å². The van der Waals surface area contributed by atoms with Crippen LogP contribution in [0.3, 0.4) is 0 Å². The van der Waals surface area contributed by atoms with E-state index in [1.54, 1.807) is 7.05 Å². The normalized spacial score (nSPS) is 30.2. The SMILES string of the molecule is C[C@H](O)C(=O)N(C)[C@@H]1COC[C@H]1O. The van der Waals surface area contributed by atoms with Gasteiger partial charge in [0.1, 0.15) is 6.10 Å². The summed E-state index contributed by atoms with van der Waals surface area (Å²) >= 11 is 0.